The van der Waals surface area contributed by atoms with Crippen molar-refractivity contribution >= 4 is 27.5 Å². The van der Waals surface area contributed by atoms with Crippen molar-refractivity contribution in [3.05, 3.63) is 39.9 Å². The molecule has 1 unspecified atom stereocenters. The second-order valence-corrected chi connectivity index (χ2v) is 8.45. The Morgan fingerprint density at radius 3 is 2.96 bits per heavy atom. The van der Waals surface area contributed by atoms with Gasteiger partial charge in [-0.1, -0.05) is 12.5 Å². The minimum absolute atomic E-state index is 0.0158. The number of likely N-dealkylation sites (tertiary alicyclic amines) is 1. The maximum Gasteiger partial charge on any atom is 0.238 e. The second kappa shape index (κ2) is 8.10. The molecule has 0 saturated carbocycles. The molecule has 1 aromatic heterocycles. The second-order valence-electron chi connectivity index (χ2n) is 7.60. The number of amides is 1. The van der Waals surface area contributed by atoms with Crippen LogP contribution in [-0.4, -0.2) is 38.7 Å². The Morgan fingerprint density at radius 2 is 2.11 bits per heavy atom. The molecule has 1 amide bonds. The van der Waals surface area contributed by atoms with Crippen LogP contribution in [0.25, 0.3) is 0 Å². The van der Waals surface area contributed by atoms with Gasteiger partial charge in [0.15, 0.2) is 0 Å². The predicted octanol–water partition coefficient (Wildman–Crippen LogP) is 3.85. The summed E-state index contributed by atoms with van der Waals surface area (Å²) in [7, 11) is 0. The molecule has 7 heteroatoms. The van der Waals surface area contributed by atoms with Crippen LogP contribution in [0.2, 0.25) is 0 Å². The fourth-order valence-electron chi connectivity index (χ4n) is 4.16. The number of aryl methyl sites for hydroxylation is 2. The number of anilines is 1. The lowest BCUT2D eigenvalue weighted by atomic mass is 10.2. The van der Waals surface area contributed by atoms with E-state index in [0.717, 1.165) is 59.7 Å². The van der Waals surface area contributed by atoms with Crippen molar-refractivity contribution in [2.24, 2.45) is 0 Å². The zero-order valence-corrected chi connectivity index (χ0v) is 17.3. The highest BCUT2D eigenvalue weighted by Crippen LogP contribution is 2.32. The zero-order chi connectivity index (χ0) is 18.8. The van der Waals surface area contributed by atoms with Crippen molar-refractivity contribution in [2.75, 3.05) is 18.4 Å². The van der Waals surface area contributed by atoms with E-state index < -0.39 is 0 Å². The van der Waals surface area contributed by atoms with Gasteiger partial charge >= 0.3 is 0 Å². The lowest BCUT2D eigenvalue weighted by Crippen LogP contribution is -2.34. The van der Waals surface area contributed by atoms with Gasteiger partial charge in [0.1, 0.15) is 11.6 Å². The van der Waals surface area contributed by atoms with E-state index in [0.29, 0.717) is 6.54 Å². The molecule has 1 fully saturated rings. The molecule has 6 nitrogen and oxygen atoms in total. The smallest absolute Gasteiger partial charge is 0.238 e. The Morgan fingerprint density at radius 1 is 1.22 bits per heavy atom. The third-order valence-corrected chi connectivity index (χ3v) is 6.20. The highest BCUT2D eigenvalue weighted by atomic mass is 79.9. The third kappa shape index (κ3) is 4.09. The van der Waals surface area contributed by atoms with Gasteiger partial charge in [-0.2, -0.15) is 0 Å². The van der Waals surface area contributed by atoms with Crippen molar-refractivity contribution in [1.82, 2.24) is 19.7 Å². The first-order chi connectivity index (χ1) is 13.1. The van der Waals surface area contributed by atoms with Crippen LogP contribution in [0.15, 0.2) is 22.7 Å². The number of halogens is 1. The summed E-state index contributed by atoms with van der Waals surface area (Å²) in [5.41, 5.74) is 1.98. The van der Waals surface area contributed by atoms with E-state index in [4.69, 9.17) is 0 Å². The number of benzene rings is 1. The minimum Gasteiger partial charge on any atom is -0.324 e. The first-order valence-corrected chi connectivity index (χ1v) is 10.6. The van der Waals surface area contributed by atoms with E-state index in [-0.39, 0.29) is 11.9 Å². The molecule has 2 aliphatic rings. The van der Waals surface area contributed by atoms with Crippen molar-refractivity contribution in [2.45, 2.75) is 58.0 Å². The molecule has 27 heavy (non-hydrogen) atoms. The molecule has 1 saturated heterocycles. The van der Waals surface area contributed by atoms with E-state index in [9.17, 15) is 4.79 Å². The minimum atomic E-state index is 0.0158. The van der Waals surface area contributed by atoms with E-state index in [1.165, 1.54) is 19.3 Å². The molecule has 1 N–H and O–H groups in total. The molecule has 0 aliphatic carbocycles. The van der Waals surface area contributed by atoms with Crippen LogP contribution >= 0.6 is 15.9 Å². The summed E-state index contributed by atoms with van der Waals surface area (Å²) in [5, 5.41) is 12.0. The van der Waals surface area contributed by atoms with Crippen LogP contribution in [0, 0.1) is 6.92 Å². The van der Waals surface area contributed by atoms with Crippen molar-refractivity contribution in [3.63, 3.8) is 0 Å². The molecular formula is C20H26BrN5O. The molecular weight excluding hydrogens is 406 g/mol. The van der Waals surface area contributed by atoms with Crippen molar-refractivity contribution in [3.8, 4) is 0 Å². The Hall–Kier alpha value is -1.73. The Labute approximate surface area is 168 Å². The van der Waals surface area contributed by atoms with Gasteiger partial charge in [0, 0.05) is 17.4 Å². The summed E-state index contributed by atoms with van der Waals surface area (Å²) < 4.78 is 3.22. The van der Waals surface area contributed by atoms with E-state index >= 15 is 0 Å². The number of hydrogen-bond acceptors (Lipinski definition) is 4. The van der Waals surface area contributed by atoms with Gasteiger partial charge in [0.25, 0.3) is 0 Å². The molecule has 1 aromatic carbocycles. The standard InChI is InChI=1S/C20H26BrN5O/c1-14-8-9-16(15(21)12-14)22-19(27)13-25-10-5-6-17(25)20-24-23-18-7-3-2-4-11-26(18)20/h8-9,12,17H,2-7,10-11,13H2,1H3,(H,22,27). The van der Waals surface area contributed by atoms with Crippen molar-refractivity contribution in [1.29, 1.82) is 0 Å². The number of nitrogens with zero attached hydrogens (tertiary/aromatic N) is 4. The van der Waals surface area contributed by atoms with Crippen LogP contribution in [0.3, 0.4) is 0 Å². The van der Waals surface area contributed by atoms with Crippen LogP contribution < -0.4 is 5.32 Å². The molecule has 1 atom stereocenters. The lowest BCUT2D eigenvalue weighted by Gasteiger charge is -2.24. The van der Waals surface area contributed by atoms with Gasteiger partial charge in [-0.05, 0) is 72.8 Å². The number of carbonyl (C=O) groups excluding carboxylic acids is 1. The molecule has 3 heterocycles. The number of nitrogens with one attached hydrogen (secondary N) is 1. The maximum absolute atomic E-state index is 12.6. The fraction of sp³-hybridized carbons (Fsp3) is 0.550. The average Bonchev–Trinajstić information content (AvgIpc) is 3.17. The lowest BCUT2D eigenvalue weighted by molar-refractivity contribution is -0.117. The Balaban J connectivity index is 1.46. The monoisotopic (exact) mass is 431 g/mol. The number of hydrogen-bond donors (Lipinski definition) is 1. The average molecular weight is 432 g/mol. The molecule has 4 rings (SSSR count). The summed E-state index contributed by atoms with van der Waals surface area (Å²) >= 11 is 3.53. The summed E-state index contributed by atoms with van der Waals surface area (Å²) in [6, 6.07) is 6.15. The highest BCUT2D eigenvalue weighted by molar-refractivity contribution is 9.10. The summed E-state index contributed by atoms with van der Waals surface area (Å²) in [4.78, 5) is 14.9. The number of fused-ring (bicyclic) bond motifs is 1. The summed E-state index contributed by atoms with van der Waals surface area (Å²) in [6.45, 7) is 4.35. The largest absolute Gasteiger partial charge is 0.324 e. The molecule has 144 valence electrons. The summed E-state index contributed by atoms with van der Waals surface area (Å²) in [6.07, 6.45) is 6.79. The van der Waals surface area contributed by atoms with Gasteiger partial charge in [0.2, 0.25) is 5.91 Å². The van der Waals surface area contributed by atoms with E-state index in [1.807, 2.05) is 25.1 Å². The van der Waals surface area contributed by atoms with Crippen LogP contribution in [0.1, 0.15) is 55.4 Å². The fourth-order valence-corrected chi connectivity index (χ4v) is 4.75. The van der Waals surface area contributed by atoms with Crippen molar-refractivity contribution < 1.29 is 4.79 Å². The number of rotatable bonds is 4. The van der Waals surface area contributed by atoms with Crippen LogP contribution in [0.4, 0.5) is 5.69 Å². The van der Waals surface area contributed by atoms with Gasteiger partial charge < -0.3 is 9.88 Å². The van der Waals surface area contributed by atoms with E-state index in [1.54, 1.807) is 0 Å². The first-order valence-electron chi connectivity index (χ1n) is 9.84. The molecule has 2 aromatic rings. The number of aromatic nitrogens is 3. The number of carbonyl (C=O) groups is 1. The molecule has 0 bridgehead atoms. The van der Waals surface area contributed by atoms with Gasteiger partial charge in [-0.15, -0.1) is 10.2 Å². The highest BCUT2D eigenvalue weighted by Gasteiger charge is 2.32. The Kier molecular flexibility index (Phi) is 5.59. The first kappa shape index (κ1) is 18.6. The predicted molar refractivity (Wildman–Crippen MR) is 109 cm³/mol. The molecule has 0 radical (unpaired) electrons. The van der Waals surface area contributed by atoms with Crippen LogP contribution in [0.5, 0.6) is 0 Å². The van der Waals surface area contributed by atoms with Gasteiger partial charge in [0.05, 0.1) is 18.3 Å². The molecule has 0 spiro atoms. The normalized spacial score (nSPS) is 20.3. The summed E-state index contributed by atoms with van der Waals surface area (Å²) in [5.74, 6) is 2.18. The van der Waals surface area contributed by atoms with E-state index in [2.05, 4.69) is 40.9 Å². The quantitative estimate of drug-likeness (QED) is 0.798. The Bertz CT molecular complexity index is 834. The van der Waals surface area contributed by atoms with Gasteiger partial charge in [-0.25, -0.2) is 0 Å². The molecule has 2 aliphatic heterocycles. The van der Waals surface area contributed by atoms with Crippen LogP contribution in [-0.2, 0) is 17.8 Å². The zero-order valence-electron chi connectivity index (χ0n) is 15.7. The third-order valence-electron chi connectivity index (χ3n) is 5.55. The SMILES string of the molecule is Cc1ccc(NC(=O)CN2CCCC2c2nnc3n2CCCCC3)c(Br)c1. The van der Waals surface area contributed by atoms with Gasteiger partial charge in [-0.3, -0.25) is 9.69 Å². The topological polar surface area (TPSA) is 63.1 Å². The maximum atomic E-state index is 12.6.